The summed E-state index contributed by atoms with van der Waals surface area (Å²) in [5.74, 6) is 0.791. The minimum absolute atomic E-state index is 0.0885. The Labute approximate surface area is 117 Å². The molecule has 3 nitrogen and oxygen atoms in total. The van der Waals surface area contributed by atoms with Gasteiger partial charge in [-0.3, -0.25) is 4.98 Å². The third kappa shape index (κ3) is 3.53. The fourth-order valence-electron chi connectivity index (χ4n) is 2.55. The van der Waals surface area contributed by atoms with Gasteiger partial charge in [-0.15, -0.1) is 0 Å². The number of hydrogen-bond donors (Lipinski definition) is 2. The smallest absolute Gasteiger partial charge is 0.0613 e. The first-order valence-electron chi connectivity index (χ1n) is 6.59. The normalized spacial score (nSPS) is 28.3. The lowest BCUT2D eigenvalue weighted by Gasteiger charge is -2.39. The van der Waals surface area contributed by atoms with Gasteiger partial charge in [0.25, 0.3) is 0 Å². The summed E-state index contributed by atoms with van der Waals surface area (Å²) < 4.78 is 0.997. The molecule has 0 spiro atoms. The maximum absolute atomic E-state index is 9.67. The summed E-state index contributed by atoms with van der Waals surface area (Å²) in [6.45, 7) is 3.28. The lowest BCUT2D eigenvalue weighted by molar-refractivity contribution is 0.104. The Morgan fingerprint density at radius 2 is 2.17 bits per heavy atom. The SMILES string of the molecule is CC1CCC(CO)(NCc2cncc(Br)c2)CC1. The van der Waals surface area contributed by atoms with E-state index in [2.05, 4.69) is 39.2 Å². The maximum atomic E-state index is 9.67. The second kappa shape index (κ2) is 6.13. The van der Waals surface area contributed by atoms with Gasteiger partial charge in [-0.2, -0.15) is 0 Å². The number of aromatic nitrogens is 1. The number of nitrogens with one attached hydrogen (secondary N) is 1. The predicted molar refractivity (Wildman–Crippen MR) is 76.2 cm³/mol. The number of nitrogens with zero attached hydrogens (tertiary/aromatic N) is 1. The highest BCUT2D eigenvalue weighted by molar-refractivity contribution is 9.10. The molecule has 1 aromatic heterocycles. The molecule has 1 saturated carbocycles. The Morgan fingerprint density at radius 1 is 1.44 bits per heavy atom. The highest BCUT2D eigenvalue weighted by atomic mass is 79.9. The van der Waals surface area contributed by atoms with Gasteiger partial charge in [0.1, 0.15) is 0 Å². The van der Waals surface area contributed by atoms with Crippen molar-refractivity contribution < 1.29 is 5.11 Å². The minimum atomic E-state index is -0.0885. The molecule has 0 radical (unpaired) electrons. The average molecular weight is 313 g/mol. The Hall–Kier alpha value is -0.450. The van der Waals surface area contributed by atoms with Crippen molar-refractivity contribution in [1.29, 1.82) is 0 Å². The molecule has 2 rings (SSSR count). The second-order valence-corrected chi connectivity index (χ2v) is 6.40. The van der Waals surface area contributed by atoms with Crippen LogP contribution in [0.2, 0.25) is 0 Å². The third-order valence-corrected chi connectivity index (χ3v) is 4.40. The van der Waals surface area contributed by atoms with Gasteiger partial charge in [-0.05, 0) is 59.2 Å². The maximum Gasteiger partial charge on any atom is 0.0613 e. The summed E-state index contributed by atoms with van der Waals surface area (Å²) >= 11 is 3.43. The van der Waals surface area contributed by atoms with E-state index in [1.807, 2.05) is 6.20 Å². The van der Waals surface area contributed by atoms with Crippen LogP contribution in [0.5, 0.6) is 0 Å². The number of pyridine rings is 1. The number of aliphatic hydroxyl groups is 1. The molecular formula is C14H21BrN2O. The molecule has 1 aliphatic carbocycles. The molecule has 1 heterocycles. The first-order chi connectivity index (χ1) is 8.63. The van der Waals surface area contributed by atoms with Gasteiger partial charge in [-0.1, -0.05) is 6.92 Å². The Balaban J connectivity index is 1.95. The summed E-state index contributed by atoms with van der Waals surface area (Å²) in [5, 5.41) is 13.2. The van der Waals surface area contributed by atoms with Crippen molar-refractivity contribution in [3.63, 3.8) is 0 Å². The van der Waals surface area contributed by atoms with E-state index >= 15 is 0 Å². The summed E-state index contributed by atoms with van der Waals surface area (Å²) in [6.07, 6.45) is 8.18. The minimum Gasteiger partial charge on any atom is -0.394 e. The topological polar surface area (TPSA) is 45.1 Å². The molecule has 0 saturated heterocycles. The van der Waals surface area contributed by atoms with E-state index in [-0.39, 0.29) is 12.1 Å². The van der Waals surface area contributed by atoms with E-state index in [9.17, 15) is 5.11 Å². The van der Waals surface area contributed by atoms with Crippen molar-refractivity contribution in [1.82, 2.24) is 10.3 Å². The van der Waals surface area contributed by atoms with Crippen LogP contribution >= 0.6 is 15.9 Å². The molecule has 100 valence electrons. The summed E-state index contributed by atoms with van der Waals surface area (Å²) in [6, 6.07) is 2.07. The molecule has 0 amide bonds. The van der Waals surface area contributed by atoms with E-state index in [4.69, 9.17) is 0 Å². The number of rotatable bonds is 4. The van der Waals surface area contributed by atoms with Gasteiger partial charge in [0, 0.05) is 29.0 Å². The van der Waals surface area contributed by atoms with E-state index < -0.39 is 0 Å². The molecule has 0 aliphatic heterocycles. The van der Waals surface area contributed by atoms with Crippen LogP contribution in [-0.2, 0) is 6.54 Å². The van der Waals surface area contributed by atoms with Crippen molar-refractivity contribution >= 4 is 15.9 Å². The zero-order valence-corrected chi connectivity index (χ0v) is 12.4. The number of aliphatic hydroxyl groups excluding tert-OH is 1. The predicted octanol–water partition coefficient (Wildman–Crippen LogP) is 2.87. The molecule has 0 atom stereocenters. The highest BCUT2D eigenvalue weighted by Crippen LogP contribution is 2.31. The fourth-order valence-corrected chi connectivity index (χ4v) is 2.96. The molecule has 0 unspecified atom stereocenters. The van der Waals surface area contributed by atoms with Gasteiger partial charge >= 0.3 is 0 Å². The first-order valence-corrected chi connectivity index (χ1v) is 7.38. The highest BCUT2D eigenvalue weighted by Gasteiger charge is 2.32. The van der Waals surface area contributed by atoms with Gasteiger partial charge in [-0.25, -0.2) is 0 Å². The van der Waals surface area contributed by atoms with Gasteiger partial charge in [0.2, 0.25) is 0 Å². The van der Waals surface area contributed by atoms with Gasteiger partial charge in [0.15, 0.2) is 0 Å². The van der Waals surface area contributed by atoms with Gasteiger partial charge < -0.3 is 10.4 Å². The molecule has 1 fully saturated rings. The van der Waals surface area contributed by atoms with E-state index in [0.717, 1.165) is 35.3 Å². The van der Waals surface area contributed by atoms with Crippen LogP contribution in [0.4, 0.5) is 0 Å². The molecular weight excluding hydrogens is 292 g/mol. The summed E-state index contributed by atoms with van der Waals surface area (Å²) in [4.78, 5) is 4.16. The molecule has 0 aromatic carbocycles. The van der Waals surface area contributed by atoms with Crippen molar-refractivity contribution in [2.45, 2.75) is 44.7 Å². The van der Waals surface area contributed by atoms with Crippen molar-refractivity contribution in [3.05, 3.63) is 28.5 Å². The van der Waals surface area contributed by atoms with Crippen LogP contribution in [0.15, 0.2) is 22.9 Å². The molecule has 4 heteroatoms. The quantitative estimate of drug-likeness (QED) is 0.898. The van der Waals surface area contributed by atoms with Crippen molar-refractivity contribution in [3.8, 4) is 0 Å². The largest absolute Gasteiger partial charge is 0.394 e. The van der Waals surface area contributed by atoms with Crippen LogP contribution in [0.25, 0.3) is 0 Å². The fraction of sp³-hybridized carbons (Fsp3) is 0.643. The Kier molecular flexibility index (Phi) is 4.76. The first kappa shape index (κ1) is 14.0. The Morgan fingerprint density at radius 3 is 2.78 bits per heavy atom. The number of hydrogen-bond acceptors (Lipinski definition) is 3. The molecule has 2 N–H and O–H groups in total. The summed E-state index contributed by atoms with van der Waals surface area (Å²) in [7, 11) is 0. The van der Waals surface area contributed by atoms with E-state index in [1.54, 1.807) is 6.20 Å². The number of halogens is 1. The van der Waals surface area contributed by atoms with E-state index in [0.29, 0.717) is 0 Å². The molecule has 0 bridgehead atoms. The summed E-state index contributed by atoms with van der Waals surface area (Å²) in [5.41, 5.74) is 1.06. The zero-order valence-electron chi connectivity index (χ0n) is 10.8. The standard InChI is InChI=1S/C14H21BrN2O/c1-11-2-4-14(10-18,5-3-11)17-8-12-6-13(15)9-16-7-12/h6-7,9,11,17-18H,2-5,8,10H2,1H3. The molecule has 1 aromatic rings. The third-order valence-electron chi connectivity index (χ3n) is 3.96. The van der Waals surface area contributed by atoms with Crippen LogP contribution in [0.1, 0.15) is 38.2 Å². The van der Waals surface area contributed by atoms with Gasteiger partial charge in [0.05, 0.1) is 6.61 Å². The lowest BCUT2D eigenvalue weighted by Crippen LogP contribution is -2.50. The second-order valence-electron chi connectivity index (χ2n) is 5.49. The average Bonchev–Trinajstić information content (AvgIpc) is 2.39. The van der Waals surface area contributed by atoms with E-state index in [1.165, 1.54) is 12.8 Å². The molecule has 18 heavy (non-hydrogen) atoms. The zero-order chi connectivity index (χ0) is 13.0. The molecule has 1 aliphatic rings. The Bertz CT molecular complexity index is 389. The van der Waals surface area contributed by atoms with Crippen LogP contribution < -0.4 is 5.32 Å². The van der Waals surface area contributed by atoms with Crippen molar-refractivity contribution in [2.75, 3.05) is 6.61 Å². The van der Waals surface area contributed by atoms with Crippen LogP contribution in [0, 0.1) is 5.92 Å². The lowest BCUT2D eigenvalue weighted by atomic mass is 9.77. The monoisotopic (exact) mass is 312 g/mol. The van der Waals surface area contributed by atoms with Crippen molar-refractivity contribution in [2.24, 2.45) is 5.92 Å². The van der Waals surface area contributed by atoms with Crippen LogP contribution in [0.3, 0.4) is 0 Å². The van der Waals surface area contributed by atoms with Crippen LogP contribution in [-0.4, -0.2) is 22.2 Å².